The van der Waals surface area contributed by atoms with Crippen molar-refractivity contribution in [3.05, 3.63) is 22.5 Å². The van der Waals surface area contributed by atoms with Crippen molar-refractivity contribution >= 4 is 21.6 Å². The van der Waals surface area contributed by atoms with Gasteiger partial charge in [0.15, 0.2) is 0 Å². The molecule has 0 fully saturated rings. The van der Waals surface area contributed by atoms with Crippen molar-refractivity contribution in [1.82, 2.24) is 9.97 Å². The molecule has 2 nitrogen and oxygen atoms in total. The first-order valence-corrected chi connectivity index (χ1v) is 9.89. The fraction of sp³-hybridized carbons (Fsp3) is 0.684. The van der Waals surface area contributed by atoms with Gasteiger partial charge in [0.1, 0.15) is 11.2 Å². The summed E-state index contributed by atoms with van der Waals surface area (Å²) >= 11 is 1.92. The van der Waals surface area contributed by atoms with Gasteiger partial charge in [0, 0.05) is 10.3 Å². The number of nitrogens with zero attached hydrogens (tertiary/aromatic N) is 2. The quantitative estimate of drug-likeness (QED) is 0.653. The summed E-state index contributed by atoms with van der Waals surface area (Å²) in [7, 11) is 0. The van der Waals surface area contributed by atoms with Gasteiger partial charge in [0.2, 0.25) is 0 Å². The Labute approximate surface area is 138 Å². The second kappa shape index (κ2) is 7.54. The normalized spacial score (nSPS) is 15.9. The van der Waals surface area contributed by atoms with E-state index in [1.807, 2.05) is 11.3 Å². The summed E-state index contributed by atoms with van der Waals surface area (Å²) in [5.41, 5.74) is 2.91. The van der Waals surface area contributed by atoms with E-state index < -0.39 is 0 Å². The summed E-state index contributed by atoms with van der Waals surface area (Å²) in [6.07, 6.45) is 14.7. The average molecular weight is 317 g/mol. The molecule has 1 unspecified atom stereocenters. The lowest BCUT2D eigenvalue weighted by atomic mass is 9.91. The first-order valence-electron chi connectivity index (χ1n) is 9.07. The van der Waals surface area contributed by atoms with Gasteiger partial charge < -0.3 is 0 Å². The summed E-state index contributed by atoms with van der Waals surface area (Å²) in [5.74, 6) is 0.861. The monoisotopic (exact) mass is 316 g/mol. The highest BCUT2D eigenvalue weighted by Gasteiger charge is 2.20. The molecule has 2 heterocycles. The maximum atomic E-state index is 4.67. The number of unbranched alkanes of at least 4 members (excludes halogenated alkanes) is 1. The molecule has 2 aromatic heterocycles. The Morgan fingerprint density at radius 2 is 2.00 bits per heavy atom. The molecule has 0 N–H and O–H groups in total. The van der Waals surface area contributed by atoms with Crippen molar-refractivity contribution in [3.8, 4) is 0 Å². The Hall–Kier alpha value is -0.960. The van der Waals surface area contributed by atoms with E-state index in [9.17, 15) is 0 Å². The number of thiophene rings is 1. The molecule has 3 heteroatoms. The lowest BCUT2D eigenvalue weighted by molar-refractivity contribution is 0.420. The Morgan fingerprint density at radius 3 is 2.82 bits per heavy atom. The van der Waals surface area contributed by atoms with Gasteiger partial charge in [-0.25, -0.2) is 9.97 Å². The first kappa shape index (κ1) is 15.9. The Morgan fingerprint density at radius 1 is 1.14 bits per heavy atom. The van der Waals surface area contributed by atoms with Crippen molar-refractivity contribution in [2.45, 2.75) is 78.1 Å². The van der Waals surface area contributed by atoms with Gasteiger partial charge in [-0.1, -0.05) is 39.5 Å². The van der Waals surface area contributed by atoms with Crippen LogP contribution >= 0.6 is 11.3 Å². The van der Waals surface area contributed by atoms with Gasteiger partial charge in [-0.2, -0.15) is 0 Å². The molecule has 0 saturated carbocycles. The topological polar surface area (TPSA) is 25.8 Å². The highest BCUT2D eigenvalue weighted by molar-refractivity contribution is 7.18. The number of rotatable bonds is 7. The third kappa shape index (κ3) is 3.34. The molecule has 2 aromatic rings. The van der Waals surface area contributed by atoms with Crippen molar-refractivity contribution in [2.24, 2.45) is 5.92 Å². The predicted octanol–water partition coefficient (Wildman–Crippen LogP) is 5.72. The van der Waals surface area contributed by atoms with Crippen LogP contribution in [0.5, 0.6) is 0 Å². The predicted molar refractivity (Wildman–Crippen MR) is 95.7 cm³/mol. The average Bonchev–Trinajstić information content (AvgIpc) is 2.94. The maximum absolute atomic E-state index is 4.67. The molecule has 0 radical (unpaired) electrons. The minimum Gasteiger partial charge on any atom is -0.241 e. The standard InChI is InChI=1S/C19H28N2S/c1-3-5-8-14(4-2)11-12-16-18-15-9-6-7-10-17(15)22-19(18)21-13-20-16/h13-14H,3-12H2,1-2H3. The van der Waals surface area contributed by atoms with Crippen molar-refractivity contribution < 1.29 is 0 Å². The molecule has 1 aliphatic rings. The second-order valence-electron chi connectivity index (χ2n) is 6.67. The van der Waals surface area contributed by atoms with Crippen molar-refractivity contribution in [2.75, 3.05) is 0 Å². The van der Waals surface area contributed by atoms with Crippen LogP contribution in [0, 0.1) is 5.92 Å². The zero-order valence-corrected chi connectivity index (χ0v) is 14.8. The van der Waals surface area contributed by atoms with E-state index in [0.29, 0.717) is 0 Å². The molecule has 0 spiro atoms. The molecule has 0 aromatic carbocycles. The van der Waals surface area contributed by atoms with Crippen LogP contribution in [-0.4, -0.2) is 9.97 Å². The number of aromatic nitrogens is 2. The first-order chi connectivity index (χ1) is 10.8. The Kier molecular flexibility index (Phi) is 5.46. The molecular formula is C19H28N2S. The Bertz CT molecular complexity index is 617. The summed E-state index contributed by atoms with van der Waals surface area (Å²) in [6, 6.07) is 0. The van der Waals surface area contributed by atoms with Crippen LogP contribution in [0.4, 0.5) is 0 Å². The van der Waals surface area contributed by atoms with E-state index in [0.717, 1.165) is 12.3 Å². The molecule has 1 atom stereocenters. The number of hydrogen-bond donors (Lipinski definition) is 0. The van der Waals surface area contributed by atoms with E-state index in [2.05, 4.69) is 23.8 Å². The summed E-state index contributed by atoms with van der Waals surface area (Å²) in [6.45, 7) is 4.63. The second-order valence-corrected chi connectivity index (χ2v) is 7.75. The number of aryl methyl sites for hydroxylation is 3. The van der Waals surface area contributed by atoms with Gasteiger partial charge in [-0.15, -0.1) is 11.3 Å². The Balaban J connectivity index is 1.80. The third-order valence-corrected chi connectivity index (χ3v) is 6.36. The van der Waals surface area contributed by atoms with Crippen molar-refractivity contribution in [1.29, 1.82) is 0 Å². The zero-order valence-electron chi connectivity index (χ0n) is 14.0. The van der Waals surface area contributed by atoms with Crippen LogP contribution in [0.15, 0.2) is 6.33 Å². The maximum Gasteiger partial charge on any atom is 0.127 e. The molecule has 1 aliphatic carbocycles. The van der Waals surface area contributed by atoms with Crippen molar-refractivity contribution in [3.63, 3.8) is 0 Å². The minimum atomic E-state index is 0.861. The van der Waals surface area contributed by atoms with Crippen LogP contribution in [0.25, 0.3) is 10.2 Å². The van der Waals surface area contributed by atoms with E-state index >= 15 is 0 Å². The highest BCUT2D eigenvalue weighted by Crippen LogP contribution is 2.37. The smallest absolute Gasteiger partial charge is 0.127 e. The largest absolute Gasteiger partial charge is 0.241 e. The molecule has 22 heavy (non-hydrogen) atoms. The summed E-state index contributed by atoms with van der Waals surface area (Å²) < 4.78 is 0. The van der Waals surface area contributed by atoms with Crippen LogP contribution in [0.1, 0.15) is 74.9 Å². The summed E-state index contributed by atoms with van der Waals surface area (Å²) in [5, 5.41) is 1.42. The molecule has 0 bridgehead atoms. The zero-order chi connectivity index (χ0) is 15.4. The molecule has 0 aliphatic heterocycles. The van der Waals surface area contributed by atoms with Crippen LogP contribution in [-0.2, 0) is 19.3 Å². The fourth-order valence-corrected chi connectivity index (χ4v) is 4.98. The molecule has 3 rings (SSSR count). The third-order valence-electron chi connectivity index (χ3n) is 5.16. The van der Waals surface area contributed by atoms with Gasteiger partial charge in [0.25, 0.3) is 0 Å². The van der Waals surface area contributed by atoms with Crippen LogP contribution in [0.2, 0.25) is 0 Å². The van der Waals surface area contributed by atoms with E-state index in [1.54, 1.807) is 16.8 Å². The highest BCUT2D eigenvalue weighted by atomic mass is 32.1. The molecule has 0 amide bonds. The van der Waals surface area contributed by atoms with Gasteiger partial charge >= 0.3 is 0 Å². The van der Waals surface area contributed by atoms with Gasteiger partial charge in [0.05, 0.1) is 5.69 Å². The van der Waals surface area contributed by atoms with Crippen LogP contribution < -0.4 is 0 Å². The van der Waals surface area contributed by atoms with E-state index in [4.69, 9.17) is 0 Å². The van der Waals surface area contributed by atoms with Gasteiger partial charge in [-0.3, -0.25) is 0 Å². The molecular weight excluding hydrogens is 288 g/mol. The molecule has 120 valence electrons. The van der Waals surface area contributed by atoms with Crippen LogP contribution in [0.3, 0.4) is 0 Å². The lowest BCUT2D eigenvalue weighted by Crippen LogP contribution is -2.04. The lowest BCUT2D eigenvalue weighted by Gasteiger charge is -2.15. The number of hydrogen-bond acceptors (Lipinski definition) is 3. The summed E-state index contributed by atoms with van der Waals surface area (Å²) in [4.78, 5) is 12.0. The number of fused-ring (bicyclic) bond motifs is 3. The van der Waals surface area contributed by atoms with E-state index in [1.165, 1.54) is 73.7 Å². The minimum absolute atomic E-state index is 0.861. The van der Waals surface area contributed by atoms with Gasteiger partial charge in [-0.05, 0) is 50.0 Å². The molecule has 0 saturated heterocycles. The fourth-order valence-electron chi connectivity index (χ4n) is 3.73. The van der Waals surface area contributed by atoms with E-state index in [-0.39, 0.29) is 0 Å². The SMILES string of the molecule is CCCCC(CC)CCc1ncnc2sc3c(c12)CCCC3.